The Bertz CT molecular complexity index is 554. The van der Waals surface area contributed by atoms with E-state index >= 15 is 0 Å². The fourth-order valence-corrected chi connectivity index (χ4v) is 3.61. The third-order valence-electron chi connectivity index (χ3n) is 5.06. The van der Waals surface area contributed by atoms with Gasteiger partial charge in [0.2, 0.25) is 0 Å². The molecule has 1 aliphatic heterocycles. The molecule has 1 aliphatic carbocycles. The quantitative estimate of drug-likeness (QED) is 0.380. The van der Waals surface area contributed by atoms with Gasteiger partial charge in [0.1, 0.15) is 0 Å². The molecule has 2 N–H and O–H groups in total. The second kappa shape index (κ2) is 11.8. The number of guanidine groups is 1. The van der Waals surface area contributed by atoms with Gasteiger partial charge >= 0.3 is 0 Å². The fourth-order valence-electron chi connectivity index (χ4n) is 3.61. The second-order valence-corrected chi connectivity index (χ2v) is 6.98. The summed E-state index contributed by atoms with van der Waals surface area (Å²) in [6.45, 7) is 8.45. The first kappa shape index (κ1) is 21.4. The molecular formula is C20H33IN4O. The van der Waals surface area contributed by atoms with Crippen LogP contribution in [0.15, 0.2) is 29.3 Å². The van der Waals surface area contributed by atoms with Crippen molar-refractivity contribution in [2.45, 2.75) is 51.7 Å². The SMILES string of the molecule is CCNC(=NCc1ccccc1CN1CCOCC1)NC1CCCC1.I. The van der Waals surface area contributed by atoms with Gasteiger partial charge in [-0.3, -0.25) is 4.90 Å². The van der Waals surface area contributed by atoms with Crippen LogP contribution in [0.25, 0.3) is 0 Å². The van der Waals surface area contributed by atoms with Gasteiger partial charge in [-0.1, -0.05) is 37.1 Å². The summed E-state index contributed by atoms with van der Waals surface area (Å²) < 4.78 is 5.46. The minimum Gasteiger partial charge on any atom is -0.379 e. The monoisotopic (exact) mass is 472 g/mol. The van der Waals surface area contributed by atoms with Gasteiger partial charge in [0.15, 0.2) is 5.96 Å². The first-order valence-corrected chi connectivity index (χ1v) is 9.77. The lowest BCUT2D eigenvalue weighted by Gasteiger charge is -2.27. The lowest BCUT2D eigenvalue weighted by atomic mass is 10.1. The molecular weight excluding hydrogens is 439 g/mol. The van der Waals surface area contributed by atoms with Crippen LogP contribution in [0.4, 0.5) is 0 Å². The van der Waals surface area contributed by atoms with Crippen molar-refractivity contribution in [3.8, 4) is 0 Å². The van der Waals surface area contributed by atoms with Crippen LogP contribution in [0.3, 0.4) is 0 Å². The zero-order valence-electron chi connectivity index (χ0n) is 15.9. The summed E-state index contributed by atoms with van der Waals surface area (Å²) in [5.74, 6) is 0.954. The van der Waals surface area contributed by atoms with Crippen LogP contribution < -0.4 is 10.6 Å². The number of halogens is 1. The van der Waals surface area contributed by atoms with Crippen LogP contribution in [-0.4, -0.2) is 49.7 Å². The molecule has 1 heterocycles. The van der Waals surface area contributed by atoms with Gasteiger partial charge in [-0.05, 0) is 30.9 Å². The molecule has 1 saturated heterocycles. The summed E-state index contributed by atoms with van der Waals surface area (Å²) in [5.41, 5.74) is 2.70. The van der Waals surface area contributed by atoms with E-state index < -0.39 is 0 Å². The third kappa shape index (κ3) is 6.70. The number of rotatable bonds is 6. The van der Waals surface area contributed by atoms with E-state index in [-0.39, 0.29) is 24.0 Å². The average Bonchev–Trinajstić information content (AvgIpc) is 3.15. The van der Waals surface area contributed by atoms with E-state index in [1.54, 1.807) is 0 Å². The lowest BCUT2D eigenvalue weighted by molar-refractivity contribution is 0.0341. The number of ether oxygens (including phenoxy) is 1. The van der Waals surface area contributed by atoms with Gasteiger partial charge in [0, 0.05) is 32.2 Å². The van der Waals surface area contributed by atoms with Crippen molar-refractivity contribution in [2.75, 3.05) is 32.8 Å². The Labute approximate surface area is 175 Å². The van der Waals surface area contributed by atoms with Crippen LogP contribution >= 0.6 is 24.0 Å². The van der Waals surface area contributed by atoms with Gasteiger partial charge in [0.05, 0.1) is 19.8 Å². The Morgan fingerprint density at radius 2 is 1.85 bits per heavy atom. The first-order chi connectivity index (χ1) is 12.3. The molecule has 6 heteroatoms. The fraction of sp³-hybridized carbons (Fsp3) is 0.650. The number of hydrogen-bond donors (Lipinski definition) is 2. The Morgan fingerprint density at radius 3 is 2.54 bits per heavy atom. The molecule has 0 radical (unpaired) electrons. The number of benzene rings is 1. The summed E-state index contributed by atoms with van der Waals surface area (Å²) in [4.78, 5) is 7.32. The Morgan fingerprint density at radius 1 is 1.15 bits per heavy atom. The smallest absolute Gasteiger partial charge is 0.191 e. The molecule has 26 heavy (non-hydrogen) atoms. The van der Waals surface area contributed by atoms with Gasteiger partial charge < -0.3 is 15.4 Å². The van der Waals surface area contributed by atoms with Crippen LogP contribution in [0.5, 0.6) is 0 Å². The minimum atomic E-state index is 0. The van der Waals surface area contributed by atoms with Gasteiger partial charge in [-0.15, -0.1) is 24.0 Å². The van der Waals surface area contributed by atoms with Gasteiger partial charge in [-0.2, -0.15) is 0 Å². The van der Waals surface area contributed by atoms with Crippen LogP contribution in [0.1, 0.15) is 43.7 Å². The van der Waals surface area contributed by atoms with Crippen molar-refractivity contribution in [3.05, 3.63) is 35.4 Å². The zero-order chi connectivity index (χ0) is 17.3. The molecule has 0 unspecified atom stereocenters. The van der Waals surface area contributed by atoms with E-state index in [4.69, 9.17) is 9.73 Å². The highest BCUT2D eigenvalue weighted by Crippen LogP contribution is 2.18. The third-order valence-corrected chi connectivity index (χ3v) is 5.06. The predicted octanol–water partition coefficient (Wildman–Crippen LogP) is 3.13. The van der Waals surface area contributed by atoms with Crippen molar-refractivity contribution < 1.29 is 4.74 Å². The normalized spacial score (nSPS) is 19.2. The van der Waals surface area contributed by atoms with Crippen molar-refractivity contribution in [1.82, 2.24) is 15.5 Å². The van der Waals surface area contributed by atoms with Gasteiger partial charge in [0.25, 0.3) is 0 Å². The summed E-state index contributed by atoms with van der Waals surface area (Å²) >= 11 is 0. The summed E-state index contributed by atoms with van der Waals surface area (Å²) in [5, 5.41) is 6.99. The van der Waals surface area contributed by atoms with Crippen LogP contribution in [0, 0.1) is 0 Å². The lowest BCUT2D eigenvalue weighted by Crippen LogP contribution is -2.42. The van der Waals surface area contributed by atoms with Crippen LogP contribution in [0.2, 0.25) is 0 Å². The molecule has 1 saturated carbocycles. The standard InChI is InChI=1S/C20H32N4O.HI/c1-2-21-20(23-19-9-5-6-10-19)22-15-17-7-3-4-8-18(17)16-24-11-13-25-14-12-24;/h3-4,7-8,19H,2,5-6,9-16H2,1H3,(H2,21,22,23);1H. The molecule has 3 rings (SSSR count). The maximum absolute atomic E-state index is 5.46. The molecule has 2 aliphatic rings. The number of aliphatic imine (C=N–C) groups is 1. The zero-order valence-corrected chi connectivity index (χ0v) is 18.2. The van der Waals surface area contributed by atoms with E-state index in [1.807, 2.05) is 0 Å². The maximum Gasteiger partial charge on any atom is 0.191 e. The molecule has 0 spiro atoms. The highest BCUT2D eigenvalue weighted by Gasteiger charge is 2.16. The molecule has 0 atom stereocenters. The largest absolute Gasteiger partial charge is 0.379 e. The molecule has 1 aromatic rings. The van der Waals surface area contributed by atoms with Crippen molar-refractivity contribution in [2.24, 2.45) is 4.99 Å². The van der Waals surface area contributed by atoms with E-state index in [0.717, 1.165) is 51.9 Å². The van der Waals surface area contributed by atoms with Crippen molar-refractivity contribution >= 4 is 29.9 Å². The van der Waals surface area contributed by atoms with Gasteiger partial charge in [-0.25, -0.2) is 4.99 Å². The maximum atomic E-state index is 5.46. The number of nitrogens with zero attached hydrogens (tertiary/aromatic N) is 2. The number of hydrogen-bond acceptors (Lipinski definition) is 3. The minimum absolute atomic E-state index is 0. The topological polar surface area (TPSA) is 48.9 Å². The van der Waals surface area contributed by atoms with Crippen molar-refractivity contribution in [1.29, 1.82) is 0 Å². The Hall–Kier alpha value is -0.860. The highest BCUT2D eigenvalue weighted by molar-refractivity contribution is 14.0. The number of morpholine rings is 1. The molecule has 5 nitrogen and oxygen atoms in total. The molecule has 0 bridgehead atoms. The van der Waals surface area contributed by atoms with Crippen molar-refractivity contribution in [3.63, 3.8) is 0 Å². The molecule has 1 aromatic carbocycles. The average molecular weight is 472 g/mol. The van der Waals surface area contributed by atoms with E-state index in [0.29, 0.717) is 6.04 Å². The Balaban J connectivity index is 0.00000243. The first-order valence-electron chi connectivity index (χ1n) is 9.77. The summed E-state index contributed by atoms with van der Waals surface area (Å²) in [6.07, 6.45) is 5.19. The van der Waals surface area contributed by atoms with E-state index in [2.05, 4.69) is 46.7 Å². The second-order valence-electron chi connectivity index (χ2n) is 6.98. The van der Waals surface area contributed by atoms with Crippen LogP contribution in [-0.2, 0) is 17.8 Å². The molecule has 0 aromatic heterocycles. The Kier molecular flexibility index (Phi) is 9.71. The summed E-state index contributed by atoms with van der Waals surface area (Å²) in [7, 11) is 0. The van der Waals surface area contributed by atoms with E-state index in [9.17, 15) is 0 Å². The molecule has 0 amide bonds. The number of nitrogens with one attached hydrogen (secondary N) is 2. The van der Waals surface area contributed by atoms with E-state index in [1.165, 1.54) is 36.8 Å². The summed E-state index contributed by atoms with van der Waals surface area (Å²) in [6, 6.07) is 9.27. The predicted molar refractivity (Wildman–Crippen MR) is 118 cm³/mol. The highest BCUT2D eigenvalue weighted by atomic mass is 127. The molecule has 2 fully saturated rings. The molecule has 146 valence electrons.